The fraction of sp³-hybridized carbons (Fsp3) is 0.326. The summed E-state index contributed by atoms with van der Waals surface area (Å²) in [6.07, 6.45) is 0.964. The summed E-state index contributed by atoms with van der Waals surface area (Å²) in [5.74, 6) is 1.86. The lowest BCUT2D eigenvalue weighted by molar-refractivity contribution is 0.0217. The summed E-state index contributed by atoms with van der Waals surface area (Å²) in [5.41, 5.74) is 7.85. The average molecular weight is 925 g/mol. The van der Waals surface area contributed by atoms with E-state index >= 15 is 16.8 Å². The molecule has 4 aromatic carbocycles. The zero-order valence-electron chi connectivity index (χ0n) is 37.0. The van der Waals surface area contributed by atoms with Crippen LogP contribution in [0.15, 0.2) is 113 Å². The largest absolute Gasteiger partial charge is 0.497 e. The number of carbonyl (C=O) groups excluding carboxylic acids is 1. The van der Waals surface area contributed by atoms with Crippen LogP contribution in [0.25, 0.3) is 22.5 Å². The number of sulfone groups is 1. The highest BCUT2D eigenvalue weighted by Crippen LogP contribution is 2.43. The maximum atomic E-state index is 16.0. The molecule has 0 saturated carbocycles. The van der Waals surface area contributed by atoms with Crippen molar-refractivity contribution in [2.24, 2.45) is 0 Å². The highest BCUT2D eigenvalue weighted by Gasteiger charge is 2.42. The second-order valence-electron chi connectivity index (χ2n) is 16.5. The predicted octanol–water partition coefficient (Wildman–Crippen LogP) is 6.62. The normalized spacial score (nSPS) is 13.7. The van der Waals surface area contributed by atoms with E-state index in [-0.39, 0.29) is 68.3 Å². The second kappa shape index (κ2) is 19.3. The average Bonchev–Trinajstić information content (AvgIpc) is 3.76. The van der Waals surface area contributed by atoms with Crippen LogP contribution in [0.1, 0.15) is 50.3 Å². The summed E-state index contributed by atoms with van der Waals surface area (Å²) >= 11 is 0. The maximum Gasteiger partial charge on any atom is 0.410 e. The fourth-order valence-electron chi connectivity index (χ4n) is 7.45. The van der Waals surface area contributed by atoms with Crippen LogP contribution in [0.2, 0.25) is 0 Å². The Labute approximate surface area is 379 Å². The molecule has 0 unspecified atom stereocenters. The number of ether oxygens (including phenoxy) is 4. The molecule has 342 valence electrons. The van der Waals surface area contributed by atoms with Gasteiger partial charge in [-0.1, -0.05) is 42.5 Å². The SMILES string of the molecule is COc1ccc(CN(Cc2ccc(OC)cc2)S(=O)(=O)c2c(S(=O)(=O)C3CCN(C(=O)OC(C)(C)C)CC3)ccc(-c3ccc(N)nc3)c2-c2nnn(Cc3ccc(OC)cc3)n2)cc1. The number of aromatic nitrogens is 5. The van der Waals surface area contributed by atoms with Crippen LogP contribution in [0.5, 0.6) is 17.2 Å². The van der Waals surface area contributed by atoms with E-state index in [9.17, 15) is 4.79 Å². The van der Waals surface area contributed by atoms with Gasteiger partial charge in [0.15, 0.2) is 9.84 Å². The van der Waals surface area contributed by atoms with Gasteiger partial charge in [0.2, 0.25) is 15.8 Å². The van der Waals surface area contributed by atoms with E-state index in [1.807, 2.05) is 12.1 Å². The zero-order chi connectivity index (χ0) is 46.5. The summed E-state index contributed by atoms with van der Waals surface area (Å²) in [6, 6.07) is 27.2. The minimum Gasteiger partial charge on any atom is -0.497 e. The van der Waals surface area contributed by atoms with Crippen LogP contribution >= 0.6 is 0 Å². The van der Waals surface area contributed by atoms with Gasteiger partial charge >= 0.3 is 6.09 Å². The Morgan fingerprint density at radius 2 is 1.29 bits per heavy atom. The third-order valence-corrected chi connectivity index (χ3v) is 15.2. The van der Waals surface area contributed by atoms with Crippen LogP contribution in [0.4, 0.5) is 10.6 Å². The molecule has 7 rings (SSSR count). The van der Waals surface area contributed by atoms with Gasteiger partial charge in [0, 0.05) is 37.9 Å². The molecule has 6 aromatic rings. The Bertz CT molecular complexity index is 2780. The molecule has 65 heavy (non-hydrogen) atoms. The lowest BCUT2D eigenvalue weighted by Gasteiger charge is -2.33. The van der Waals surface area contributed by atoms with Gasteiger partial charge in [-0.25, -0.2) is 26.6 Å². The first-order chi connectivity index (χ1) is 31.0. The first-order valence-corrected chi connectivity index (χ1v) is 23.8. The molecule has 17 nitrogen and oxygen atoms in total. The lowest BCUT2D eigenvalue weighted by Crippen LogP contribution is -2.44. The van der Waals surface area contributed by atoms with Crippen LogP contribution in [0.3, 0.4) is 0 Å². The summed E-state index contributed by atoms with van der Waals surface area (Å²) in [5, 5.41) is 12.4. The number of rotatable bonds is 15. The molecular weight excluding hydrogens is 873 g/mol. The van der Waals surface area contributed by atoms with Crippen molar-refractivity contribution in [1.82, 2.24) is 34.4 Å². The van der Waals surface area contributed by atoms with E-state index in [4.69, 9.17) is 29.8 Å². The molecule has 0 aliphatic carbocycles. The second-order valence-corrected chi connectivity index (χ2v) is 20.5. The van der Waals surface area contributed by atoms with E-state index in [2.05, 4.69) is 15.3 Å². The van der Waals surface area contributed by atoms with Crippen molar-refractivity contribution in [3.8, 4) is 39.8 Å². The van der Waals surface area contributed by atoms with Gasteiger partial charge in [-0.15, -0.1) is 10.2 Å². The number of likely N-dealkylation sites (tertiary alicyclic amines) is 1. The molecule has 1 saturated heterocycles. The Hall–Kier alpha value is -6.57. The van der Waals surface area contributed by atoms with E-state index in [0.717, 1.165) is 5.56 Å². The summed E-state index contributed by atoms with van der Waals surface area (Å²) in [4.78, 5) is 19.1. The number of carbonyl (C=O) groups is 1. The fourth-order valence-corrected chi connectivity index (χ4v) is 11.6. The van der Waals surface area contributed by atoms with E-state index < -0.39 is 46.6 Å². The minimum absolute atomic E-state index is 0.0255. The highest BCUT2D eigenvalue weighted by molar-refractivity contribution is 7.94. The summed E-state index contributed by atoms with van der Waals surface area (Å²) in [7, 11) is -4.73. The van der Waals surface area contributed by atoms with Gasteiger partial charge in [-0.2, -0.15) is 9.10 Å². The van der Waals surface area contributed by atoms with E-state index in [0.29, 0.717) is 33.9 Å². The molecule has 3 heterocycles. The van der Waals surface area contributed by atoms with Crippen molar-refractivity contribution < 1.29 is 40.6 Å². The molecule has 1 amide bonds. The number of anilines is 1. The number of piperidine rings is 1. The van der Waals surface area contributed by atoms with Gasteiger partial charge in [-0.3, -0.25) is 0 Å². The molecule has 0 bridgehead atoms. The van der Waals surface area contributed by atoms with Crippen molar-refractivity contribution in [2.75, 3.05) is 40.2 Å². The molecule has 0 spiro atoms. The molecule has 19 heteroatoms. The first kappa shape index (κ1) is 46.4. The lowest BCUT2D eigenvalue weighted by atomic mass is 10.0. The number of benzene rings is 4. The Morgan fingerprint density at radius 3 is 1.78 bits per heavy atom. The monoisotopic (exact) mass is 924 g/mol. The zero-order valence-corrected chi connectivity index (χ0v) is 38.7. The predicted molar refractivity (Wildman–Crippen MR) is 243 cm³/mol. The van der Waals surface area contributed by atoms with E-state index in [1.165, 1.54) is 46.6 Å². The van der Waals surface area contributed by atoms with Crippen LogP contribution in [-0.2, 0) is 44.2 Å². The topological polar surface area (TPSA) is 211 Å². The van der Waals surface area contributed by atoms with Crippen molar-refractivity contribution >= 4 is 31.8 Å². The number of nitrogen functional groups attached to an aromatic ring is 1. The van der Waals surface area contributed by atoms with Gasteiger partial charge in [-0.05, 0) is 116 Å². The molecule has 0 atom stereocenters. The van der Waals surface area contributed by atoms with Gasteiger partial charge < -0.3 is 29.6 Å². The number of pyridine rings is 1. The van der Waals surface area contributed by atoms with Gasteiger partial charge in [0.25, 0.3) is 0 Å². The molecule has 0 radical (unpaired) electrons. The number of tetrazole rings is 1. The molecule has 1 aliphatic heterocycles. The number of nitrogens with two attached hydrogens (primary N) is 1. The van der Waals surface area contributed by atoms with Crippen molar-refractivity contribution in [1.29, 1.82) is 0 Å². The molecule has 2 aromatic heterocycles. The first-order valence-electron chi connectivity index (χ1n) is 20.8. The smallest absolute Gasteiger partial charge is 0.410 e. The Balaban J connectivity index is 1.43. The third kappa shape index (κ3) is 10.7. The Morgan fingerprint density at radius 1 is 0.754 bits per heavy atom. The third-order valence-electron chi connectivity index (χ3n) is 10.9. The van der Waals surface area contributed by atoms with Gasteiger partial charge in [0.05, 0.1) is 43.6 Å². The van der Waals surface area contributed by atoms with Crippen molar-refractivity contribution in [3.05, 3.63) is 120 Å². The quantitative estimate of drug-likeness (QED) is 0.115. The molecule has 1 fully saturated rings. The van der Waals surface area contributed by atoms with E-state index in [1.54, 1.807) is 101 Å². The number of sulfonamides is 1. The standard InChI is InChI=1S/C46H52N8O9S2/c1-46(2,3)63-45(55)52-25-23-38(24-26-52)64(56,57)40-21-20-39(34-13-22-41(47)48-27-34)42(44-49-51-54(50-44)30-33-11-18-37(62-6)19-12-33)43(40)65(58,59)53(28-31-7-14-35(60-4)15-8-31)29-32-9-16-36(61-5)17-10-32/h7-22,27,38H,23-26,28-30H2,1-6H3,(H2,47,48). The number of methoxy groups -OCH3 is 3. The van der Waals surface area contributed by atoms with Crippen LogP contribution in [0, 0.1) is 0 Å². The summed E-state index contributed by atoms with van der Waals surface area (Å²) in [6.45, 7) is 5.22. The van der Waals surface area contributed by atoms with Crippen LogP contribution in [-0.4, -0.2) is 103 Å². The minimum atomic E-state index is -4.87. The highest BCUT2D eigenvalue weighted by atomic mass is 32.2. The van der Waals surface area contributed by atoms with Crippen molar-refractivity contribution in [3.63, 3.8) is 0 Å². The Kier molecular flexibility index (Phi) is 13.8. The number of hydrogen-bond acceptors (Lipinski definition) is 14. The number of amides is 1. The molecular formula is C46H52N8O9S2. The number of nitrogens with zero attached hydrogens (tertiary/aromatic N) is 7. The summed E-state index contributed by atoms with van der Waals surface area (Å²) < 4.78 is 85.4. The van der Waals surface area contributed by atoms with Crippen molar-refractivity contribution in [2.45, 2.75) is 73.9 Å². The van der Waals surface area contributed by atoms with Crippen LogP contribution < -0.4 is 19.9 Å². The maximum absolute atomic E-state index is 16.0. The molecule has 2 N–H and O–H groups in total. The molecule has 1 aliphatic rings. The van der Waals surface area contributed by atoms with Gasteiger partial charge in [0.1, 0.15) is 33.6 Å². The number of hydrogen-bond donors (Lipinski definition) is 1.